The number of benzene rings is 2. The Labute approximate surface area is 134 Å². The highest BCUT2D eigenvalue weighted by Gasteiger charge is 2.24. The van der Waals surface area contributed by atoms with Crippen molar-refractivity contribution < 1.29 is 18.1 Å². The average Bonchev–Trinajstić information content (AvgIpc) is 2.56. The maximum atomic E-state index is 12.7. The molecular weight excluding hydrogens is 320 g/mol. The molecule has 0 spiro atoms. The first-order valence-electron chi connectivity index (χ1n) is 6.81. The van der Waals surface area contributed by atoms with Crippen LogP contribution in [0.4, 0.5) is 11.4 Å². The third-order valence-corrected chi connectivity index (χ3v) is 5.20. The number of nitrogens with zero attached hydrogens (tertiary/aromatic N) is 2. The average molecular weight is 336 g/mol. The Bertz CT molecular complexity index is 786. The Hall–Kier alpha value is -2.61. The second-order valence-electron chi connectivity index (χ2n) is 4.62. The summed E-state index contributed by atoms with van der Waals surface area (Å²) in [6.07, 6.45) is 0. The van der Waals surface area contributed by atoms with E-state index >= 15 is 0 Å². The summed E-state index contributed by atoms with van der Waals surface area (Å²) in [5.74, 6) is 0.623. The molecule has 0 aliphatic rings. The Morgan fingerprint density at radius 2 is 1.65 bits per heavy atom. The molecule has 0 aliphatic heterocycles. The summed E-state index contributed by atoms with van der Waals surface area (Å²) >= 11 is 0. The maximum absolute atomic E-state index is 12.7. The Kier molecular flexibility index (Phi) is 4.85. The van der Waals surface area contributed by atoms with Gasteiger partial charge in [0, 0.05) is 18.7 Å². The van der Waals surface area contributed by atoms with Gasteiger partial charge in [0.2, 0.25) is 0 Å². The molecule has 0 saturated heterocycles. The fraction of sp³-hybridized carbons (Fsp3) is 0.200. The second-order valence-corrected chi connectivity index (χ2v) is 6.48. The van der Waals surface area contributed by atoms with Crippen molar-refractivity contribution in [2.75, 3.05) is 18.0 Å². The van der Waals surface area contributed by atoms with Crippen LogP contribution in [-0.2, 0) is 10.0 Å². The second kappa shape index (κ2) is 6.66. The standard InChI is InChI=1S/C15H16N2O5S/c1-3-16(12-4-8-14(22-2)9-5-12)23(20,21)15-10-6-13(7-11-15)17(18)19/h4-11H,3H2,1-2H3. The number of methoxy groups -OCH3 is 1. The van der Waals surface area contributed by atoms with Crippen LogP contribution in [0.1, 0.15) is 6.92 Å². The van der Waals surface area contributed by atoms with Crippen LogP contribution < -0.4 is 9.04 Å². The van der Waals surface area contributed by atoms with Crippen LogP contribution in [0.3, 0.4) is 0 Å². The molecule has 2 rings (SSSR count). The van der Waals surface area contributed by atoms with Crippen LogP contribution in [0.2, 0.25) is 0 Å². The van der Waals surface area contributed by atoms with Gasteiger partial charge >= 0.3 is 0 Å². The number of ether oxygens (including phenoxy) is 1. The summed E-state index contributed by atoms with van der Waals surface area (Å²) in [4.78, 5) is 10.1. The van der Waals surface area contributed by atoms with Crippen LogP contribution in [0.15, 0.2) is 53.4 Å². The van der Waals surface area contributed by atoms with Gasteiger partial charge in [-0.3, -0.25) is 14.4 Å². The van der Waals surface area contributed by atoms with E-state index in [9.17, 15) is 18.5 Å². The quantitative estimate of drug-likeness (QED) is 0.597. The normalized spacial score (nSPS) is 11.0. The third kappa shape index (κ3) is 3.42. The lowest BCUT2D eigenvalue weighted by Gasteiger charge is -2.23. The maximum Gasteiger partial charge on any atom is 0.269 e. The predicted molar refractivity (Wildman–Crippen MR) is 86.3 cm³/mol. The number of sulfonamides is 1. The van der Waals surface area contributed by atoms with E-state index in [1.54, 1.807) is 31.2 Å². The number of rotatable bonds is 6. The van der Waals surface area contributed by atoms with Crippen LogP contribution in [0.25, 0.3) is 0 Å². The summed E-state index contributed by atoms with van der Waals surface area (Å²) in [6, 6.07) is 11.5. The van der Waals surface area contributed by atoms with Crippen molar-refractivity contribution in [2.24, 2.45) is 0 Å². The zero-order chi connectivity index (χ0) is 17.0. The van der Waals surface area contributed by atoms with Crippen LogP contribution in [-0.4, -0.2) is 27.0 Å². The van der Waals surface area contributed by atoms with Crippen molar-refractivity contribution in [3.63, 3.8) is 0 Å². The molecule has 0 radical (unpaired) electrons. The molecule has 0 aliphatic carbocycles. The lowest BCUT2D eigenvalue weighted by Crippen LogP contribution is -2.30. The highest BCUT2D eigenvalue weighted by molar-refractivity contribution is 7.92. The largest absolute Gasteiger partial charge is 0.497 e. The van der Waals surface area contributed by atoms with E-state index in [-0.39, 0.29) is 17.1 Å². The van der Waals surface area contributed by atoms with Gasteiger partial charge in [-0.15, -0.1) is 0 Å². The molecule has 0 N–H and O–H groups in total. The first-order chi connectivity index (χ1) is 10.9. The van der Waals surface area contributed by atoms with Gasteiger partial charge in [-0.25, -0.2) is 8.42 Å². The molecule has 0 aromatic heterocycles. The fourth-order valence-electron chi connectivity index (χ4n) is 2.11. The van der Waals surface area contributed by atoms with Crippen molar-refractivity contribution in [3.8, 4) is 5.75 Å². The number of hydrogen-bond donors (Lipinski definition) is 0. The van der Waals surface area contributed by atoms with Crippen molar-refractivity contribution in [1.82, 2.24) is 0 Å². The number of anilines is 1. The van der Waals surface area contributed by atoms with Gasteiger partial charge in [-0.2, -0.15) is 0 Å². The Morgan fingerprint density at radius 3 is 2.09 bits per heavy atom. The van der Waals surface area contributed by atoms with Crippen molar-refractivity contribution in [2.45, 2.75) is 11.8 Å². The monoisotopic (exact) mass is 336 g/mol. The molecule has 8 heteroatoms. The first kappa shape index (κ1) is 16.8. The highest BCUT2D eigenvalue weighted by Crippen LogP contribution is 2.26. The number of nitro groups is 1. The number of hydrogen-bond acceptors (Lipinski definition) is 5. The summed E-state index contributed by atoms with van der Waals surface area (Å²) in [7, 11) is -2.27. The van der Waals surface area contributed by atoms with Gasteiger partial charge in [-0.1, -0.05) is 0 Å². The van der Waals surface area contributed by atoms with Gasteiger partial charge in [0.1, 0.15) is 5.75 Å². The molecule has 122 valence electrons. The molecule has 0 saturated carbocycles. The summed E-state index contributed by atoms with van der Waals surface area (Å²) < 4.78 is 31.7. The van der Waals surface area contributed by atoms with Gasteiger partial charge in [0.05, 0.1) is 22.6 Å². The van der Waals surface area contributed by atoms with E-state index in [1.165, 1.54) is 35.7 Å². The highest BCUT2D eigenvalue weighted by atomic mass is 32.2. The third-order valence-electron chi connectivity index (χ3n) is 3.28. The van der Waals surface area contributed by atoms with Gasteiger partial charge in [-0.05, 0) is 43.3 Å². The molecule has 0 unspecified atom stereocenters. The van der Waals surface area contributed by atoms with Gasteiger partial charge < -0.3 is 4.74 Å². The molecular formula is C15H16N2O5S. The topological polar surface area (TPSA) is 89.8 Å². The zero-order valence-electron chi connectivity index (χ0n) is 12.7. The zero-order valence-corrected chi connectivity index (χ0v) is 13.5. The van der Waals surface area contributed by atoms with Gasteiger partial charge in [0.15, 0.2) is 0 Å². The first-order valence-corrected chi connectivity index (χ1v) is 8.25. The van der Waals surface area contributed by atoms with Crippen molar-refractivity contribution >= 4 is 21.4 Å². The molecule has 0 bridgehead atoms. The molecule has 2 aromatic carbocycles. The molecule has 0 heterocycles. The van der Waals surface area contributed by atoms with E-state index < -0.39 is 14.9 Å². The van der Waals surface area contributed by atoms with E-state index in [4.69, 9.17) is 4.74 Å². The van der Waals surface area contributed by atoms with Crippen LogP contribution >= 0.6 is 0 Å². The van der Waals surface area contributed by atoms with Crippen LogP contribution in [0, 0.1) is 10.1 Å². The minimum atomic E-state index is -3.80. The predicted octanol–water partition coefficient (Wildman–Crippen LogP) is 2.82. The van der Waals surface area contributed by atoms with Crippen molar-refractivity contribution in [1.29, 1.82) is 0 Å². The Balaban J connectivity index is 2.39. The number of nitro benzene ring substituents is 1. The molecule has 2 aromatic rings. The minimum absolute atomic E-state index is 0.000711. The van der Waals surface area contributed by atoms with E-state index in [2.05, 4.69) is 0 Å². The smallest absolute Gasteiger partial charge is 0.269 e. The molecule has 0 amide bonds. The van der Waals surface area contributed by atoms with E-state index in [1.807, 2.05) is 0 Å². The summed E-state index contributed by atoms with van der Waals surface area (Å²) in [5, 5.41) is 10.7. The van der Waals surface area contributed by atoms with E-state index in [0.29, 0.717) is 11.4 Å². The summed E-state index contributed by atoms with van der Waals surface area (Å²) in [6.45, 7) is 1.94. The minimum Gasteiger partial charge on any atom is -0.497 e. The van der Waals surface area contributed by atoms with Gasteiger partial charge in [0.25, 0.3) is 15.7 Å². The lowest BCUT2D eigenvalue weighted by molar-refractivity contribution is -0.384. The van der Waals surface area contributed by atoms with Crippen LogP contribution in [0.5, 0.6) is 5.75 Å². The summed E-state index contributed by atoms with van der Waals surface area (Å²) in [5.41, 5.74) is 0.336. The lowest BCUT2D eigenvalue weighted by atomic mass is 10.3. The Morgan fingerprint density at radius 1 is 1.09 bits per heavy atom. The molecule has 0 atom stereocenters. The fourth-order valence-corrected chi connectivity index (χ4v) is 3.58. The SMILES string of the molecule is CCN(c1ccc(OC)cc1)S(=O)(=O)c1ccc([N+](=O)[O-])cc1. The molecule has 23 heavy (non-hydrogen) atoms. The molecule has 7 nitrogen and oxygen atoms in total. The number of non-ortho nitro benzene ring substituents is 1. The molecule has 0 fully saturated rings. The van der Waals surface area contributed by atoms with Crippen molar-refractivity contribution in [3.05, 3.63) is 58.6 Å². The van der Waals surface area contributed by atoms with E-state index in [0.717, 1.165) is 0 Å².